The van der Waals surface area contributed by atoms with E-state index < -0.39 is 35.5 Å². The van der Waals surface area contributed by atoms with Gasteiger partial charge in [0.1, 0.15) is 17.6 Å². The number of hydrogen-bond acceptors (Lipinski definition) is 6. The predicted octanol–water partition coefficient (Wildman–Crippen LogP) is 8.16. The Morgan fingerprint density at radius 3 is 2.09 bits per heavy atom. The van der Waals surface area contributed by atoms with Gasteiger partial charge in [-0.05, 0) is 71.1 Å². The maximum Gasteiger partial charge on any atom is 0.416 e. The molecule has 0 aliphatic carbocycles. The highest BCUT2D eigenvalue weighted by Gasteiger charge is 2.30. The zero-order valence-corrected chi connectivity index (χ0v) is 24.5. The number of alkyl halides is 3. The minimum atomic E-state index is -4.50. The maximum atomic E-state index is 13.7. The molecule has 5 aromatic rings. The molecule has 7 nitrogen and oxygen atoms in total. The molecule has 12 heteroatoms. The number of aryl methyl sites for hydroxylation is 1. The van der Waals surface area contributed by atoms with Gasteiger partial charge in [0.05, 0.1) is 16.1 Å². The van der Waals surface area contributed by atoms with Gasteiger partial charge >= 0.3 is 12.1 Å². The number of aromatic nitrogens is 2. The summed E-state index contributed by atoms with van der Waals surface area (Å²) in [6.45, 7) is 2.81. The van der Waals surface area contributed by atoms with Crippen LogP contribution < -0.4 is 10.1 Å². The largest absolute Gasteiger partial charge is 0.426 e. The predicted molar refractivity (Wildman–Crippen MR) is 158 cm³/mol. The van der Waals surface area contributed by atoms with Crippen molar-refractivity contribution in [2.45, 2.75) is 32.5 Å². The average Bonchev–Trinajstić information content (AvgIpc) is 3.44. The average molecular weight is 638 g/mol. The van der Waals surface area contributed by atoms with E-state index in [1.54, 1.807) is 13.0 Å². The fourth-order valence-corrected chi connectivity index (χ4v) is 4.80. The van der Waals surface area contributed by atoms with E-state index in [1.807, 2.05) is 24.3 Å². The quantitative estimate of drug-likeness (QED) is 0.105. The Bertz CT molecular complexity index is 1860. The van der Waals surface area contributed by atoms with Gasteiger partial charge in [-0.15, -0.1) is 0 Å². The van der Waals surface area contributed by atoms with Gasteiger partial charge in [-0.3, -0.25) is 9.59 Å². The van der Waals surface area contributed by atoms with Crippen LogP contribution in [0.25, 0.3) is 22.3 Å². The molecular formula is C33H24ClF4N3O4. The minimum absolute atomic E-state index is 0.00151. The first-order valence-electron chi connectivity index (χ1n) is 13.5. The second-order valence-electron chi connectivity index (χ2n) is 10.1. The molecule has 4 aromatic carbocycles. The molecule has 0 aliphatic heterocycles. The first-order chi connectivity index (χ1) is 21.4. The number of ether oxygens (including phenoxy) is 1. The van der Waals surface area contributed by atoms with E-state index in [0.717, 1.165) is 28.8 Å². The summed E-state index contributed by atoms with van der Waals surface area (Å²) in [5.74, 6) is -1.41. The van der Waals surface area contributed by atoms with Crippen molar-refractivity contribution < 1.29 is 36.4 Å². The summed E-state index contributed by atoms with van der Waals surface area (Å²) in [4.78, 5) is 29.8. The maximum absolute atomic E-state index is 13.7. The van der Waals surface area contributed by atoms with E-state index in [4.69, 9.17) is 20.9 Å². The summed E-state index contributed by atoms with van der Waals surface area (Å²) in [6, 6.07) is 19.7. The Morgan fingerprint density at radius 1 is 0.911 bits per heavy atom. The minimum Gasteiger partial charge on any atom is -0.426 e. The third-order valence-electron chi connectivity index (χ3n) is 6.82. The number of rotatable bonds is 8. The van der Waals surface area contributed by atoms with Crippen LogP contribution in [0, 0.1) is 12.7 Å². The highest BCUT2D eigenvalue weighted by Crippen LogP contribution is 2.33. The normalized spacial score (nSPS) is 12.1. The SMILES string of the molecule is CC(=O)Oc1ccc(-c2ccc(C(F)(F)F)cc2)cc1C(=O)NC(Cc1ccc(-c2ccc(F)c(Cl)c2)cc1)c1nc(C)no1. The van der Waals surface area contributed by atoms with Crippen molar-refractivity contribution in [1.29, 1.82) is 0 Å². The molecule has 0 radical (unpaired) electrons. The lowest BCUT2D eigenvalue weighted by Gasteiger charge is -2.18. The van der Waals surface area contributed by atoms with Crippen molar-refractivity contribution in [2.24, 2.45) is 0 Å². The number of hydrogen-bond donors (Lipinski definition) is 1. The summed E-state index contributed by atoms with van der Waals surface area (Å²) in [7, 11) is 0. The van der Waals surface area contributed by atoms with E-state index in [0.29, 0.717) is 17.0 Å². The van der Waals surface area contributed by atoms with Gasteiger partial charge < -0.3 is 14.6 Å². The molecule has 45 heavy (non-hydrogen) atoms. The lowest BCUT2D eigenvalue weighted by Crippen LogP contribution is -2.31. The number of carbonyl (C=O) groups excluding carboxylic acids is 2. The van der Waals surface area contributed by atoms with Crippen molar-refractivity contribution >= 4 is 23.5 Å². The number of nitrogens with zero attached hydrogens (tertiary/aromatic N) is 2. The van der Waals surface area contributed by atoms with Crippen molar-refractivity contribution in [3.8, 4) is 28.0 Å². The molecule has 0 bridgehead atoms. The fourth-order valence-electron chi connectivity index (χ4n) is 4.62. The van der Waals surface area contributed by atoms with Crippen LogP contribution in [0.3, 0.4) is 0 Å². The van der Waals surface area contributed by atoms with Gasteiger partial charge in [0.2, 0.25) is 5.89 Å². The Balaban J connectivity index is 1.44. The fraction of sp³-hybridized carbons (Fsp3) is 0.152. The number of amides is 1. The second kappa shape index (κ2) is 12.9. The molecule has 0 aliphatic rings. The molecule has 0 fully saturated rings. The lowest BCUT2D eigenvalue weighted by atomic mass is 9.99. The zero-order chi connectivity index (χ0) is 32.3. The molecule has 1 heterocycles. The standard InChI is InChI=1S/C33H24ClF4N3O4/c1-18-39-32(45-41-18)29(15-20-3-5-21(6-4-20)24-9-13-28(35)27(34)17-24)40-31(43)26-16-23(10-14-30(26)44-19(2)42)22-7-11-25(12-8-22)33(36,37)38/h3-14,16-17,29H,15H2,1-2H3,(H,40,43). The summed E-state index contributed by atoms with van der Waals surface area (Å²) in [5, 5.41) is 6.69. The Hall–Kier alpha value is -5.03. The topological polar surface area (TPSA) is 94.3 Å². The van der Waals surface area contributed by atoms with Crippen molar-refractivity contribution in [3.63, 3.8) is 0 Å². The van der Waals surface area contributed by atoms with E-state index >= 15 is 0 Å². The highest BCUT2D eigenvalue weighted by molar-refractivity contribution is 6.31. The summed E-state index contributed by atoms with van der Waals surface area (Å²) in [6.07, 6.45) is -4.28. The molecule has 1 unspecified atom stereocenters. The molecule has 1 N–H and O–H groups in total. The van der Waals surface area contributed by atoms with Crippen LogP contribution in [0.2, 0.25) is 5.02 Å². The van der Waals surface area contributed by atoms with Crippen LogP contribution in [-0.4, -0.2) is 22.0 Å². The van der Waals surface area contributed by atoms with Crippen LogP contribution in [0.15, 0.2) is 89.5 Å². The van der Waals surface area contributed by atoms with E-state index in [-0.39, 0.29) is 28.6 Å². The zero-order valence-electron chi connectivity index (χ0n) is 23.8. The van der Waals surface area contributed by atoms with E-state index in [2.05, 4.69) is 15.5 Å². The molecule has 0 saturated carbocycles. The third-order valence-corrected chi connectivity index (χ3v) is 7.11. The number of carbonyl (C=O) groups is 2. The Morgan fingerprint density at radius 2 is 1.51 bits per heavy atom. The third kappa shape index (κ3) is 7.55. The lowest BCUT2D eigenvalue weighted by molar-refractivity contribution is -0.137. The molecular weight excluding hydrogens is 614 g/mol. The number of esters is 1. The van der Waals surface area contributed by atoms with Crippen LogP contribution in [0.4, 0.5) is 17.6 Å². The van der Waals surface area contributed by atoms with Crippen molar-refractivity contribution in [3.05, 3.63) is 124 Å². The van der Waals surface area contributed by atoms with Crippen molar-refractivity contribution in [2.75, 3.05) is 0 Å². The van der Waals surface area contributed by atoms with Crippen LogP contribution in [-0.2, 0) is 17.4 Å². The first-order valence-corrected chi connectivity index (χ1v) is 13.9. The first kappa shape index (κ1) is 31.4. The smallest absolute Gasteiger partial charge is 0.416 e. The summed E-state index contributed by atoms with van der Waals surface area (Å²) in [5.41, 5.74) is 2.29. The van der Waals surface area contributed by atoms with Crippen LogP contribution >= 0.6 is 11.6 Å². The van der Waals surface area contributed by atoms with Gasteiger partial charge in [-0.25, -0.2) is 4.39 Å². The number of benzene rings is 4. The van der Waals surface area contributed by atoms with Crippen LogP contribution in [0.1, 0.15) is 46.2 Å². The van der Waals surface area contributed by atoms with Gasteiger partial charge in [0.15, 0.2) is 5.82 Å². The van der Waals surface area contributed by atoms with Gasteiger partial charge in [-0.1, -0.05) is 65.3 Å². The summed E-state index contributed by atoms with van der Waals surface area (Å²) >= 11 is 5.93. The molecule has 230 valence electrons. The van der Waals surface area contributed by atoms with Gasteiger partial charge in [0, 0.05) is 13.3 Å². The molecule has 1 aromatic heterocycles. The Labute approximate surface area is 259 Å². The number of halogens is 5. The molecule has 0 saturated heterocycles. The van der Waals surface area contributed by atoms with E-state index in [9.17, 15) is 27.2 Å². The monoisotopic (exact) mass is 637 g/mol. The molecule has 1 amide bonds. The van der Waals surface area contributed by atoms with Crippen molar-refractivity contribution in [1.82, 2.24) is 15.5 Å². The van der Waals surface area contributed by atoms with E-state index in [1.165, 1.54) is 49.4 Å². The summed E-state index contributed by atoms with van der Waals surface area (Å²) < 4.78 is 63.5. The number of nitrogens with one attached hydrogen (secondary N) is 1. The Kier molecular flexibility index (Phi) is 9.01. The van der Waals surface area contributed by atoms with Crippen LogP contribution in [0.5, 0.6) is 5.75 Å². The van der Waals surface area contributed by atoms with Gasteiger partial charge in [-0.2, -0.15) is 18.2 Å². The molecule has 0 spiro atoms. The second-order valence-corrected chi connectivity index (χ2v) is 10.5. The molecule has 1 atom stereocenters. The van der Waals surface area contributed by atoms with Gasteiger partial charge in [0.25, 0.3) is 5.91 Å². The molecule has 5 rings (SSSR count). The highest BCUT2D eigenvalue weighted by atomic mass is 35.5.